The minimum absolute atomic E-state index is 0.0653. The van der Waals surface area contributed by atoms with Crippen LogP contribution in [0.4, 0.5) is 5.69 Å². The molecule has 5 heteroatoms. The molecule has 0 fully saturated rings. The topological polar surface area (TPSA) is 78.4 Å². The summed E-state index contributed by atoms with van der Waals surface area (Å²) in [6.45, 7) is 0.477. The van der Waals surface area contributed by atoms with Crippen LogP contribution in [-0.4, -0.2) is 17.6 Å². The lowest BCUT2D eigenvalue weighted by Crippen LogP contribution is -2.33. The highest BCUT2D eigenvalue weighted by molar-refractivity contribution is 5.45. The number of hydrogen-bond acceptors (Lipinski definition) is 4. The lowest BCUT2D eigenvalue weighted by molar-refractivity contribution is -0.385. The van der Waals surface area contributed by atoms with Crippen molar-refractivity contribution in [2.45, 2.75) is 12.5 Å². The van der Waals surface area contributed by atoms with E-state index < -0.39 is 4.92 Å². The minimum Gasteiger partial charge on any atom is -0.492 e. The van der Waals surface area contributed by atoms with E-state index in [9.17, 15) is 10.1 Å². The molecule has 14 heavy (non-hydrogen) atoms. The van der Waals surface area contributed by atoms with E-state index in [4.69, 9.17) is 10.5 Å². The van der Waals surface area contributed by atoms with E-state index >= 15 is 0 Å². The van der Waals surface area contributed by atoms with E-state index in [1.807, 2.05) is 0 Å². The molecular weight excluding hydrogens is 184 g/mol. The van der Waals surface area contributed by atoms with Gasteiger partial charge in [-0.3, -0.25) is 10.1 Å². The van der Waals surface area contributed by atoms with Crippen molar-refractivity contribution in [3.63, 3.8) is 0 Å². The molecule has 0 spiro atoms. The number of nitrogens with zero attached hydrogens (tertiary/aromatic N) is 1. The van der Waals surface area contributed by atoms with Crippen LogP contribution >= 0.6 is 0 Å². The predicted octanol–water partition coefficient (Wildman–Crippen LogP) is 0.857. The zero-order valence-corrected chi connectivity index (χ0v) is 7.47. The zero-order valence-electron chi connectivity index (χ0n) is 7.47. The second-order valence-electron chi connectivity index (χ2n) is 3.32. The summed E-state index contributed by atoms with van der Waals surface area (Å²) in [4.78, 5) is 10.1. The van der Waals surface area contributed by atoms with Gasteiger partial charge in [0.1, 0.15) is 12.4 Å². The summed E-state index contributed by atoms with van der Waals surface area (Å²) in [6.07, 6.45) is 0.636. The maximum absolute atomic E-state index is 10.5. The van der Waals surface area contributed by atoms with Crippen LogP contribution < -0.4 is 10.5 Å². The SMILES string of the molecule is N[C@@H]1COc2ccc([N+](=O)[O-])cc2C1. The third-order valence-electron chi connectivity index (χ3n) is 2.19. The van der Waals surface area contributed by atoms with Crippen molar-refractivity contribution in [2.75, 3.05) is 6.61 Å². The van der Waals surface area contributed by atoms with E-state index in [0.29, 0.717) is 18.8 Å². The molecule has 1 aliphatic rings. The Labute approximate surface area is 80.6 Å². The summed E-state index contributed by atoms with van der Waals surface area (Å²) in [5.41, 5.74) is 6.58. The molecule has 0 saturated heterocycles. The molecule has 0 unspecified atom stereocenters. The van der Waals surface area contributed by atoms with Crippen molar-refractivity contribution in [2.24, 2.45) is 5.73 Å². The largest absolute Gasteiger partial charge is 0.492 e. The average molecular weight is 194 g/mol. The van der Waals surface area contributed by atoms with Crippen molar-refractivity contribution >= 4 is 5.69 Å². The van der Waals surface area contributed by atoms with Crippen LogP contribution in [0, 0.1) is 10.1 Å². The van der Waals surface area contributed by atoms with E-state index in [1.165, 1.54) is 12.1 Å². The number of non-ortho nitro benzene ring substituents is 1. The third-order valence-corrected chi connectivity index (χ3v) is 2.19. The van der Waals surface area contributed by atoms with Gasteiger partial charge < -0.3 is 10.5 Å². The first kappa shape index (κ1) is 8.96. The number of nitro groups is 1. The molecule has 0 aromatic heterocycles. The van der Waals surface area contributed by atoms with Gasteiger partial charge >= 0.3 is 0 Å². The quantitative estimate of drug-likeness (QED) is 0.531. The van der Waals surface area contributed by atoms with Gasteiger partial charge in [0.2, 0.25) is 0 Å². The predicted molar refractivity (Wildman–Crippen MR) is 50.3 cm³/mol. The Hall–Kier alpha value is -1.62. The van der Waals surface area contributed by atoms with Crippen LogP contribution in [0.1, 0.15) is 5.56 Å². The highest BCUT2D eigenvalue weighted by Gasteiger charge is 2.19. The minimum atomic E-state index is -0.416. The molecule has 0 saturated carbocycles. The number of fused-ring (bicyclic) bond motifs is 1. The number of nitrogens with two attached hydrogens (primary N) is 1. The molecule has 1 aromatic carbocycles. The summed E-state index contributed by atoms with van der Waals surface area (Å²) < 4.78 is 5.32. The normalized spacial score (nSPS) is 19.6. The monoisotopic (exact) mass is 194 g/mol. The molecule has 1 atom stereocenters. The molecule has 1 aromatic rings. The smallest absolute Gasteiger partial charge is 0.269 e. The molecule has 0 amide bonds. The fourth-order valence-corrected chi connectivity index (χ4v) is 1.52. The van der Waals surface area contributed by atoms with Crippen LogP contribution in [0.25, 0.3) is 0 Å². The number of rotatable bonds is 1. The van der Waals surface area contributed by atoms with Gasteiger partial charge in [-0.05, 0) is 12.5 Å². The Kier molecular flexibility index (Phi) is 2.09. The van der Waals surface area contributed by atoms with E-state index in [-0.39, 0.29) is 11.7 Å². The van der Waals surface area contributed by atoms with Gasteiger partial charge in [0.25, 0.3) is 5.69 Å². The van der Waals surface area contributed by atoms with Gasteiger partial charge in [-0.15, -0.1) is 0 Å². The third kappa shape index (κ3) is 1.54. The van der Waals surface area contributed by atoms with E-state index in [2.05, 4.69) is 0 Å². The first-order valence-corrected chi connectivity index (χ1v) is 4.32. The van der Waals surface area contributed by atoms with Crippen molar-refractivity contribution in [1.29, 1.82) is 0 Å². The first-order chi connectivity index (χ1) is 6.66. The van der Waals surface area contributed by atoms with Crippen molar-refractivity contribution in [1.82, 2.24) is 0 Å². The molecule has 0 aliphatic carbocycles. The highest BCUT2D eigenvalue weighted by atomic mass is 16.6. The Morgan fingerprint density at radius 3 is 3.07 bits per heavy atom. The van der Waals surface area contributed by atoms with Crippen LogP contribution in [0.5, 0.6) is 5.75 Å². The van der Waals surface area contributed by atoms with Gasteiger partial charge in [-0.1, -0.05) is 0 Å². The first-order valence-electron chi connectivity index (χ1n) is 4.32. The lowest BCUT2D eigenvalue weighted by Gasteiger charge is -2.21. The van der Waals surface area contributed by atoms with Gasteiger partial charge in [-0.25, -0.2) is 0 Å². The maximum atomic E-state index is 10.5. The Bertz CT molecular complexity index is 378. The molecule has 74 valence electrons. The van der Waals surface area contributed by atoms with E-state index in [1.54, 1.807) is 6.07 Å². The summed E-state index contributed by atoms with van der Waals surface area (Å²) in [7, 11) is 0. The zero-order chi connectivity index (χ0) is 10.1. The van der Waals surface area contributed by atoms with Crippen molar-refractivity contribution in [3.05, 3.63) is 33.9 Å². The Balaban J connectivity index is 2.37. The number of benzene rings is 1. The standard InChI is InChI=1S/C9H10N2O3/c10-7-3-6-4-8(11(12)13)1-2-9(6)14-5-7/h1-2,4,7H,3,5,10H2/t7-/m0/s1. The number of hydrogen-bond donors (Lipinski definition) is 1. The van der Waals surface area contributed by atoms with Gasteiger partial charge in [0.15, 0.2) is 0 Å². The molecule has 1 aliphatic heterocycles. The molecule has 2 rings (SSSR count). The van der Waals surface area contributed by atoms with Crippen LogP contribution in [0.3, 0.4) is 0 Å². The molecular formula is C9H10N2O3. The Morgan fingerprint density at radius 2 is 2.36 bits per heavy atom. The van der Waals surface area contributed by atoms with Crippen LogP contribution in [0.2, 0.25) is 0 Å². The van der Waals surface area contributed by atoms with Crippen molar-refractivity contribution in [3.8, 4) is 5.75 Å². The van der Waals surface area contributed by atoms with Gasteiger partial charge in [0.05, 0.1) is 4.92 Å². The summed E-state index contributed by atoms with van der Waals surface area (Å²) in [5, 5.41) is 10.5. The number of ether oxygens (including phenoxy) is 1. The van der Waals surface area contributed by atoms with Gasteiger partial charge in [-0.2, -0.15) is 0 Å². The van der Waals surface area contributed by atoms with Gasteiger partial charge in [0, 0.05) is 23.7 Å². The summed E-state index contributed by atoms with van der Waals surface area (Å²) in [6, 6.07) is 4.52. The number of nitro benzene ring substituents is 1. The second-order valence-corrected chi connectivity index (χ2v) is 3.32. The van der Waals surface area contributed by atoms with E-state index in [0.717, 1.165) is 5.56 Å². The molecule has 0 radical (unpaired) electrons. The molecule has 0 bridgehead atoms. The molecule has 2 N–H and O–H groups in total. The van der Waals surface area contributed by atoms with Crippen LogP contribution in [0.15, 0.2) is 18.2 Å². The maximum Gasteiger partial charge on any atom is 0.269 e. The van der Waals surface area contributed by atoms with Crippen LogP contribution in [-0.2, 0) is 6.42 Å². The lowest BCUT2D eigenvalue weighted by atomic mass is 10.0. The van der Waals surface area contributed by atoms with Crippen molar-refractivity contribution < 1.29 is 9.66 Å². The Morgan fingerprint density at radius 1 is 1.57 bits per heavy atom. The fourth-order valence-electron chi connectivity index (χ4n) is 1.52. The average Bonchev–Trinajstić information content (AvgIpc) is 2.16. The summed E-state index contributed by atoms with van der Waals surface area (Å²) in [5.74, 6) is 0.706. The molecule has 5 nitrogen and oxygen atoms in total. The fraction of sp³-hybridized carbons (Fsp3) is 0.333. The summed E-state index contributed by atoms with van der Waals surface area (Å²) >= 11 is 0. The molecule has 1 heterocycles. The highest BCUT2D eigenvalue weighted by Crippen LogP contribution is 2.27. The second kappa shape index (κ2) is 3.26.